The van der Waals surface area contributed by atoms with Crippen LogP contribution in [0.25, 0.3) is 0 Å². The van der Waals surface area contributed by atoms with Crippen LogP contribution in [0, 0.1) is 0 Å². The van der Waals surface area contributed by atoms with Crippen molar-refractivity contribution in [1.29, 1.82) is 0 Å². The van der Waals surface area contributed by atoms with E-state index in [1.165, 1.54) is 4.88 Å². The Morgan fingerprint density at radius 1 is 1.65 bits per heavy atom. The first-order valence-corrected chi connectivity index (χ1v) is 7.86. The molecule has 2 atom stereocenters. The zero-order chi connectivity index (χ0) is 14.5. The highest BCUT2D eigenvalue weighted by Crippen LogP contribution is 2.23. The number of carbonyl (C=O) groups excluding carboxylic acids is 1. The first-order valence-electron chi connectivity index (χ1n) is 6.98. The molecule has 2 amide bonds. The lowest BCUT2D eigenvalue weighted by atomic mass is 10.2. The van der Waals surface area contributed by atoms with Crippen molar-refractivity contribution in [1.82, 2.24) is 15.1 Å². The van der Waals surface area contributed by atoms with Gasteiger partial charge >= 0.3 is 6.03 Å². The third-order valence-corrected chi connectivity index (χ3v) is 4.76. The Hall–Kier alpha value is -1.11. The van der Waals surface area contributed by atoms with Crippen molar-refractivity contribution >= 4 is 17.4 Å². The Labute approximate surface area is 124 Å². The summed E-state index contributed by atoms with van der Waals surface area (Å²) in [5.74, 6) is 0. The topological polar surface area (TPSA) is 55.8 Å². The highest BCUT2D eigenvalue weighted by molar-refractivity contribution is 7.10. The van der Waals surface area contributed by atoms with Gasteiger partial charge in [-0.3, -0.25) is 0 Å². The van der Waals surface area contributed by atoms with Gasteiger partial charge in [-0.05, 0) is 38.4 Å². The van der Waals surface area contributed by atoms with E-state index in [-0.39, 0.29) is 24.7 Å². The second kappa shape index (κ2) is 7.06. The first-order chi connectivity index (χ1) is 9.63. The van der Waals surface area contributed by atoms with E-state index in [0.29, 0.717) is 6.54 Å². The van der Waals surface area contributed by atoms with Crippen molar-refractivity contribution in [2.45, 2.75) is 24.9 Å². The van der Waals surface area contributed by atoms with E-state index in [0.717, 1.165) is 19.4 Å². The maximum absolute atomic E-state index is 12.2. The molecule has 0 saturated carbocycles. The van der Waals surface area contributed by atoms with Crippen LogP contribution in [0.5, 0.6) is 0 Å². The number of aliphatic hydroxyl groups is 1. The molecule has 2 N–H and O–H groups in total. The summed E-state index contributed by atoms with van der Waals surface area (Å²) in [5, 5.41) is 14.3. The average Bonchev–Trinajstić information content (AvgIpc) is 3.09. The summed E-state index contributed by atoms with van der Waals surface area (Å²) in [4.78, 5) is 17.3. The second-order valence-corrected chi connectivity index (χ2v) is 6.33. The highest BCUT2D eigenvalue weighted by atomic mass is 32.1. The molecule has 1 saturated heterocycles. The van der Waals surface area contributed by atoms with E-state index in [1.807, 2.05) is 20.2 Å². The Kier molecular flexibility index (Phi) is 5.39. The molecule has 2 heterocycles. The van der Waals surface area contributed by atoms with E-state index in [1.54, 1.807) is 16.2 Å². The maximum Gasteiger partial charge on any atom is 0.317 e. The molecule has 5 nitrogen and oxygen atoms in total. The van der Waals surface area contributed by atoms with Crippen LogP contribution in [0.1, 0.15) is 23.8 Å². The minimum Gasteiger partial charge on any atom is -0.394 e. The van der Waals surface area contributed by atoms with Crippen molar-refractivity contribution in [2.75, 3.05) is 33.8 Å². The Morgan fingerprint density at radius 2 is 2.45 bits per heavy atom. The molecule has 112 valence electrons. The normalized spacial score (nSPS) is 20.4. The number of likely N-dealkylation sites (tertiary alicyclic amines) is 1. The van der Waals surface area contributed by atoms with Crippen LogP contribution in [0.4, 0.5) is 4.79 Å². The summed E-state index contributed by atoms with van der Waals surface area (Å²) in [6.07, 6.45) is 1.87. The molecule has 0 aliphatic carbocycles. The minimum atomic E-state index is -0.0649. The van der Waals surface area contributed by atoms with Crippen molar-refractivity contribution in [2.24, 2.45) is 0 Å². The van der Waals surface area contributed by atoms with Crippen molar-refractivity contribution in [3.05, 3.63) is 22.4 Å². The van der Waals surface area contributed by atoms with E-state index in [2.05, 4.69) is 21.7 Å². The lowest BCUT2D eigenvalue weighted by molar-refractivity contribution is 0.154. The summed E-state index contributed by atoms with van der Waals surface area (Å²) >= 11 is 1.70. The Bertz CT molecular complexity index is 422. The number of amides is 2. The number of nitrogens with zero attached hydrogens (tertiary/aromatic N) is 2. The number of aliphatic hydroxyl groups excluding tert-OH is 1. The number of thiophene rings is 1. The molecule has 0 bridgehead atoms. The molecule has 1 unspecified atom stereocenters. The number of likely N-dealkylation sites (N-methyl/N-ethyl adjacent to an activating group) is 1. The molecular weight excluding hydrogens is 274 g/mol. The largest absolute Gasteiger partial charge is 0.394 e. The standard InChI is InChI=1S/C14H23N3O2S/c1-16(2)12(13-6-4-8-20-13)9-15-14(19)17-7-3-5-11(17)10-18/h4,6,8,11-12,18H,3,5,7,9-10H2,1-2H3,(H,15,19)/t11-,12?/m0/s1. The third kappa shape index (κ3) is 3.50. The van der Waals surface area contributed by atoms with Crippen LogP contribution in [-0.4, -0.2) is 60.8 Å². The Balaban J connectivity index is 1.91. The average molecular weight is 297 g/mol. The van der Waals surface area contributed by atoms with Crippen LogP contribution >= 0.6 is 11.3 Å². The van der Waals surface area contributed by atoms with Gasteiger partial charge < -0.3 is 20.2 Å². The molecule has 20 heavy (non-hydrogen) atoms. The van der Waals surface area contributed by atoms with Gasteiger partial charge in [0.25, 0.3) is 0 Å². The van der Waals surface area contributed by atoms with Crippen LogP contribution in [-0.2, 0) is 0 Å². The van der Waals surface area contributed by atoms with Gasteiger partial charge in [-0.2, -0.15) is 0 Å². The van der Waals surface area contributed by atoms with Crippen molar-refractivity contribution in [3.63, 3.8) is 0 Å². The number of urea groups is 1. The molecule has 1 aliphatic heterocycles. The molecule has 0 spiro atoms. The van der Waals surface area contributed by atoms with Crippen molar-refractivity contribution in [3.8, 4) is 0 Å². The fourth-order valence-electron chi connectivity index (χ4n) is 2.60. The minimum absolute atomic E-state index is 0.0189. The number of hydrogen-bond acceptors (Lipinski definition) is 4. The van der Waals surface area contributed by atoms with Crippen molar-refractivity contribution < 1.29 is 9.90 Å². The van der Waals surface area contributed by atoms with Gasteiger partial charge in [0.2, 0.25) is 0 Å². The number of rotatable bonds is 5. The number of hydrogen-bond donors (Lipinski definition) is 2. The van der Waals surface area contributed by atoms with Crippen LogP contribution in [0.2, 0.25) is 0 Å². The summed E-state index contributed by atoms with van der Waals surface area (Å²) in [7, 11) is 4.03. The third-order valence-electron chi connectivity index (χ3n) is 3.79. The van der Waals surface area contributed by atoms with E-state index in [9.17, 15) is 9.90 Å². The molecule has 2 rings (SSSR count). The SMILES string of the molecule is CN(C)C(CNC(=O)N1CCC[C@H]1CO)c1cccs1. The summed E-state index contributed by atoms with van der Waals surface area (Å²) in [5.41, 5.74) is 0. The first kappa shape index (κ1) is 15.3. The lowest BCUT2D eigenvalue weighted by Gasteiger charge is -2.27. The molecule has 1 fully saturated rings. The summed E-state index contributed by atoms with van der Waals surface area (Å²) < 4.78 is 0. The highest BCUT2D eigenvalue weighted by Gasteiger charge is 2.28. The van der Waals surface area contributed by atoms with Crippen LogP contribution < -0.4 is 5.32 Å². The molecule has 1 aliphatic rings. The maximum atomic E-state index is 12.2. The summed E-state index contributed by atoms with van der Waals surface area (Å²) in [6.45, 7) is 1.37. The number of nitrogens with one attached hydrogen (secondary N) is 1. The quantitative estimate of drug-likeness (QED) is 0.866. The fraction of sp³-hybridized carbons (Fsp3) is 0.643. The lowest BCUT2D eigenvalue weighted by Crippen LogP contribution is -2.46. The van der Waals surface area contributed by atoms with Crippen LogP contribution in [0.15, 0.2) is 17.5 Å². The molecule has 0 aromatic carbocycles. The Morgan fingerprint density at radius 3 is 3.05 bits per heavy atom. The van der Waals surface area contributed by atoms with Gasteiger partial charge in [0.15, 0.2) is 0 Å². The molecule has 1 aromatic rings. The van der Waals surface area contributed by atoms with Gasteiger partial charge in [-0.1, -0.05) is 6.07 Å². The zero-order valence-corrected chi connectivity index (χ0v) is 12.9. The smallest absolute Gasteiger partial charge is 0.317 e. The van der Waals surface area contributed by atoms with Gasteiger partial charge in [0.05, 0.1) is 18.7 Å². The zero-order valence-electron chi connectivity index (χ0n) is 12.1. The van der Waals surface area contributed by atoms with Gasteiger partial charge in [0.1, 0.15) is 0 Å². The van der Waals surface area contributed by atoms with Gasteiger partial charge in [-0.25, -0.2) is 4.79 Å². The molecular formula is C14H23N3O2S. The fourth-order valence-corrected chi connectivity index (χ4v) is 3.52. The molecule has 1 aromatic heterocycles. The molecule has 6 heteroatoms. The van der Waals surface area contributed by atoms with Crippen LogP contribution in [0.3, 0.4) is 0 Å². The van der Waals surface area contributed by atoms with Gasteiger partial charge in [-0.15, -0.1) is 11.3 Å². The predicted octanol–water partition coefficient (Wildman–Crippen LogP) is 1.52. The van der Waals surface area contributed by atoms with E-state index >= 15 is 0 Å². The summed E-state index contributed by atoms with van der Waals surface area (Å²) in [6, 6.07) is 4.22. The second-order valence-electron chi connectivity index (χ2n) is 5.35. The number of carbonyl (C=O) groups is 1. The van der Waals surface area contributed by atoms with E-state index in [4.69, 9.17) is 0 Å². The molecule has 0 radical (unpaired) electrons. The van der Waals surface area contributed by atoms with E-state index < -0.39 is 0 Å². The predicted molar refractivity (Wildman–Crippen MR) is 81.0 cm³/mol. The monoisotopic (exact) mass is 297 g/mol. The van der Waals surface area contributed by atoms with Gasteiger partial charge in [0, 0.05) is 18.0 Å².